The fourth-order valence-electron chi connectivity index (χ4n) is 1.74. The van der Waals surface area contributed by atoms with Crippen LogP contribution in [-0.2, 0) is 6.54 Å². The third-order valence-corrected chi connectivity index (χ3v) is 2.99. The van der Waals surface area contributed by atoms with Gasteiger partial charge in [0.05, 0.1) is 5.56 Å². The normalized spacial score (nSPS) is 10.8. The maximum absolute atomic E-state index is 11.8. The lowest BCUT2D eigenvalue weighted by Crippen LogP contribution is -2.34. The van der Waals surface area contributed by atoms with Gasteiger partial charge in [-0.2, -0.15) is 0 Å². The van der Waals surface area contributed by atoms with Crippen LogP contribution in [0, 0.1) is 0 Å². The molecule has 1 amide bonds. The van der Waals surface area contributed by atoms with E-state index in [0.29, 0.717) is 6.54 Å². The summed E-state index contributed by atoms with van der Waals surface area (Å²) in [5.74, 6) is 0.0179. The van der Waals surface area contributed by atoms with Crippen LogP contribution in [0.5, 0.6) is 0 Å². The molecule has 0 atom stereocenters. The van der Waals surface area contributed by atoms with Gasteiger partial charge in [0.1, 0.15) is 0 Å². The van der Waals surface area contributed by atoms with Gasteiger partial charge in [-0.3, -0.25) is 4.79 Å². The van der Waals surface area contributed by atoms with E-state index < -0.39 is 0 Å². The molecule has 4 nitrogen and oxygen atoms in total. The average molecular weight is 237 g/mol. The van der Waals surface area contributed by atoms with E-state index in [9.17, 15) is 4.79 Å². The number of nitrogens with one attached hydrogen (secondary N) is 1. The third-order valence-electron chi connectivity index (χ3n) is 2.99. The zero-order valence-electron chi connectivity index (χ0n) is 11.1. The van der Waals surface area contributed by atoms with E-state index in [0.717, 1.165) is 31.7 Å². The van der Waals surface area contributed by atoms with Crippen molar-refractivity contribution in [2.45, 2.75) is 27.3 Å². The highest BCUT2D eigenvalue weighted by molar-refractivity contribution is 5.93. The Balaban J connectivity index is 2.34. The summed E-state index contributed by atoms with van der Waals surface area (Å²) in [7, 11) is 0. The monoisotopic (exact) mass is 237 g/mol. The highest BCUT2D eigenvalue weighted by Crippen LogP contribution is 2.00. The van der Waals surface area contributed by atoms with Gasteiger partial charge in [0.25, 0.3) is 5.91 Å². The number of hydrogen-bond donors (Lipinski definition) is 1. The lowest BCUT2D eigenvalue weighted by molar-refractivity contribution is 0.0949. The van der Waals surface area contributed by atoms with Crippen LogP contribution in [0.1, 0.15) is 31.1 Å². The number of aromatic nitrogens is 1. The molecule has 1 rings (SSSR count). The van der Waals surface area contributed by atoms with Crippen LogP contribution < -0.4 is 5.32 Å². The Morgan fingerprint density at radius 1 is 1.35 bits per heavy atom. The fourth-order valence-corrected chi connectivity index (χ4v) is 1.74. The zero-order chi connectivity index (χ0) is 12.7. The first-order chi connectivity index (χ1) is 8.21. The topological polar surface area (TPSA) is 37.3 Å². The molecule has 96 valence electrons. The van der Waals surface area contributed by atoms with E-state index in [1.807, 2.05) is 23.0 Å². The number of aryl methyl sites for hydroxylation is 1. The molecule has 0 aliphatic carbocycles. The fraction of sp³-hybridized carbons (Fsp3) is 0.615. The third kappa shape index (κ3) is 4.23. The first-order valence-electron chi connectivity index (χ1n) is 6.37. The van der Waals surface area contributed by atoms with Crippen LogP contribution in [0.15, 0.2) is 18.5 Å². The summed E-state index contributed by atoms with van der Waals surface area (Å²) < 4.78 is 2.00. The van der Waals surface area contributed by atoms with Crippen molar-refractivity contribution in [2.24, 2.45) is 0 Å². The standard InChI is InChI=1S/C13H23N3O/c1-4-15(5-2)10-8-14-13(17)12-7-9-16(6-3)11-12/h7,9,11H,4-6,8,10H2,1-3H3,(H,14,17). The lowest BCUT2D eigenvalue weighted by atomic mass is 10.3. The molecule has 1 aromatic rings. The molecular weight excluding hydrogens is 214 g/mol. The number of amides is 1. The smallest absolute Gasteiger partial charge is 0.252 e. The molecule has 0 saturated heterocycles. The molecule has 1 aromatic heterocycles. The number of carbonyl (C=O) groups excluding carboxylic acids is 1. The Labute approximate surface area is 104 Å². The maximum atomic E-state index is 11.8. The van der Waals surface area contributed by atoms with E-state index in [1.165, 1.54) is 0 Å². The predicted molar refractivity (Wildman–Crippen MR) is 70.2 cm³/mol. The summed E-state index contributed by atoms with van der Waals surface area (Å²) in [6.45, 7) is 10.9. The average Bonchev–Trinajstić information content (AvgIpc) is 2.83. The van der Waals surface area contributed by atoms with Crippen LogP contribution >= 0.6 is 0 Å². The van der Waals surface area contributed by atoms with Crippen LogP contribution in [0.4, 0.5) is 0 Å². The van der Waals surface area contributed by atoms with Gasteiger partial charge in [-0.1, -0.05) is 13.8 Å². The highest BCUT2D eigenvalue weighted by atomic mass is 16.1. The second-order valence-corrected chi connectivity index (χ2v) is 4.01. The van der Waals surface area contributed by atoms with Crippen molar-refractivity contribution < 1.29 is 4.79 Å². The summed E-state index contributed by atoms with van der Waals surface area (Å²) in [5.41, 5.74) is 0.742. The predicted octanol–water partition coefficient (Wildman–Crippen LogP) is 1.58. The molecule has 0 saturated carbocycles. The number of carbonyl (C=O) groups is 1. The summed E-state index contributed by atoms with van der Waals surface area (Å²) in [6.07, 6.45) is 3.81. The highest BCUT2D eigenvalue weighted by Gasteiger charge is 2.06. The van der Waals surface area contributed by atoms with E-state index in [2.05, 4.69) is 31.0 Å². The molecule has 17 heavy (non-hydrogen) atoms. The summed E-state index contributed by atoms with van der Waals surface area (Å²) >= 11 is 0. The first kappa shape index (κ1) is 13.8. The molecule has 1 N–H and O–H groups in total. The largest absolute Gasteiger partial charge is 0.354 e. The van der Waals surface area contributed by atoms with Crippen LogP contribution in [0.25, 0.3) is 0 Å². The van der Waals surface area contributed by atoms with Gasteiger partial charge in [-0.05, 0) is 26.1 Å². The summed E-state index contributed by atoms with van der Waals surface area (Å²) in [5, 5.41) is 2.94. The molecule has 4 heteroatoms. The van der Waals surface area contributed by atoms with Gasteiger partial charge in [-0.25, -0.2) is 0 Å². The zero-order valence-corrected chi connectivity index (χ0v) is 11.1. The number of hydrogen-bond acceptors (Lipinski definition) is 2. The Kier molecular flexibility index (Phi) is 5.77. The molecule has 0 aromatic carbocycles. The van der Waals surface area contributed by atoms with Crippen LogP contribution in [0.3, 0.4) is 0 Å². The molecule has 0 spiro atoms. The minimum Gasteiger partial charge on any atom is -0.354 e. The number of nitrogens with zero attached hydrogens (tertiary/aromatic N) is 2. The molecule has 0 aliphatic rings. The van der Waals surface area contributed by atoms with Crippen molar-refractivity contribution in [2.75, 3.05) is 26.2 Å². The van der Waals surface area contributed by atoms with Gasteiger partial charge >= 0.3 is 0 Å². The minimum atomic E-state index is 0.0179. The summed E-state index contributed by atoms with van der Waals surface area (Å²) in [4.78, 5) is 14.1. The number of likely N-dealkylation sites (N-methyl/N-ethyl adjacent to an activating group) is 1. The molecular formula is C13H23N3O. The molecule has 0 bridgehead atoms. The molecule has 0 fully saturated rings. The molecule has 1 heterocycles. The van der Waals surface area contributed by atoms with Gasteiger partial charge in [0.2, 0.25) is 0 Å². The van der Waals surface area contributed by atoms with Crippen LogP contribution in [-0.4, -0.2) is 41.6 Å². The van der Waals surface area contributed by atoms with Crippen molar-refractivity contribution >= 4 is 5.91 Å². The van der Waals surface area contributed by atoms with E-state index >= 15 is 0 Å². The molecule has 0 aliphatic heterocycles. The van der Waals surface area contributed by atoms with Crippen molar-refractivity contribution in [1.82, 2.24) is 14.8 Å². The Hall–Kier alpha value is -1.29. The second kappa shape index (κ2) is 7.12. The SMILES string of the molecule is CCN(CC)CCNC(=O)c1ccn(CC)c1. The van der Waals surface area contributed by atoms with E-state index in [4.69, 9.17) is 0 Å². The quantitative estimate of drug-likeness (QED) is 0.782. The van der Waals surface area contributed by atoms with Gasteiger partial charge in [0.15, 0.2) is 0 Å². The van der Waals surface area contributed by atoms with E-state index in [-0.39, 0.29) is 5.91 Å². The van der Waals surface area contributed by atoms with Gasteiger partial charge in [-0.15, -0.1) is 0 Å². The van der Waals surface area contributed by atoms with Crippen molar-refractivity contribution in [3.05, 3.63) is 24.0 Å². The number of rotatable bonds is 7. The lowest BCUT2D eigenvalue weighted by Gasteiger charge is -2.17. The van der Waals surface area contributed by atoms with Gasteiger partial charge < -0.3 is 14.8 Å². The Morgan fingerprint density at radius 3 is 2.59 bits per heavy atom. The second-order valence-electron chi connectivity index (χ2n) is 4.01. The Morgan fingerprint density at radius 2 is 2.06 bits per heavy atom. The maximum Gasteiger partial charge on any atom is 0.252 e. The van der Waals surface area contributed by atoms with Crippen molar-refractivity contribution in [1.29, 1.82) is 0 Å². The first-order valence-corrected chi connectivity index (χ1v) is 6.37. The molecule has 0 unspecified atom stereocenters. The van der Waals surface area contributed by atoms with Crippen molar-refractivity contribution in [3.8, 4) is 0 Å². The van der Waals surface area contributed by atoms with Crippen LogP contribution in [0.2, 0.25) is 0 Å². The van der Waals surface area contributed by atoms with E-state index in [1.54, 1.807) is 0 Å². The van der Waals surface area contributed by atoms with Crippen molar-refractivity contribution in [3.63, 3.8) is 0 Å². The minimum absolute atomic E-state index is 0.0179. The van der Waals surface area contributed by atoms with Gasteiger partial charge in [0, 0.05) is 32.0 Å². The summed E-state index contributed by atoms with van der Waals surface area (Å²) in [6, 6.07) is 1.86. The molecule has 0 radical (unpaired) electrons. The Bertz CT molecular complexity index is 342.